The van der Waals surface area contributed by atoms with E-state index in [1.54, 1.807) is 24.3 Å². The predicted octanol–water partition coefficient (Wildman–Crippen LogP) is 2.14. The molecule has 6 saturated carbocycles. The van der Waals surface area contributed by atoms with Crippen molar-refractivity contribution < 1.29 is 19.5 Å². The average Bonchev–Trinajstić information content (AvgIpc) is 3.23. The van der Waals surface area contributed by atoms with Gasteiger partial charge < -0.3 is 10.0 Å². The van der Waals surface area contributed by atoms with Crippen LogP contribution in [0.2, 0.25) is 0 Å². The number of piperidine rings is 1. The minimum absolute atomic E-state index is 0.0418. The second-order valence-electron chi connectivity index (χ2n) is 10.0. The lowest BCUT2D eigenvalue weighted by atomic mass is 9.31. The highest BCUT2D eigenvalue weighted by Gasteiger charge is 2.96. The van der Waals surface area contributed by atoms with Gasteiger partial charge in [0.1, 0.15) is 11.5 Å². The van der Waals surface area contributed by atoms with E-state index >= 15 is 0 Å². The zero-order valence-electron chi connectivity index (χ0n) is 15.6. The highest BCUT2D eigenvalue weighted by molar-refractivity contribution is 6.04. The number of amides is 1. The molecule has 0 spiro atoms. The summed E-state index contributed by atoms with van der Waals surface area (Å²) in [5, 5.41) is 9.41. The number of hydrogen-bond acceptors (Lipinski definition) is 4. The molecule has 8 atom stereocenters. The van der Waals surface area contributed by atoms with Crippen molar-refractivity contribution in [2.24, 2.45) is 52.8 Å². The summed E-state index contributed by atoms with van der Waals surface area (Å²) >= 11 is 0. The van der Waals surface area contributed by atoms with Crippen molar-refractivity contribution in [3.8, 4) is 5.75 Å². The van der Waals surface area contributed by atoms with Crippen LogP contribution in [0.3, 0.4) is 0 Å². The molecular weight excluding hydrogens is 354 g/mol. The summed E-state index contributed by atoms with van der Waals surface area (Å²) in [4.78, 5) is 41.0. The third-order valence-electron chi connectivity index (χ3n) is 9.54. The molecule has 1 aromatic carbocycles. The topological polar surface area (TPSA) is 74.7 Å². The number of Topliss-reactive ketones (excluding diaryl/α,β-unsaturated/α-hetero) is 2. The van der Waals surface area contributed by atoms with Gasteiger partial charge in [-0.05, 0) is 73.1 Å². The lowest BCUT2D eigenvalue weighted by Gasteiger charge is -2.71. The second-order valence-corrected chi connectivity index (χ2v) is 10.0. The summed E-state index contributed by atoms with van der Waals surface area (Å²) in [7, 11) is 0. The number of carbonyl (C=O) groups excluding carboxylic acids is 3. The fraction of sp³-hybridized carbons (Fsp3) is 0.609. The molecule has 1 amide bonds. The highest BCUT2D eigenvalue weighted by atomic mass is 16.3. The van der Waals surface area contributed by atoms with Gasteiger partial charge in [-0.3, -0.25) is 14.4 Å². The number of nitrogens with zero attached hydrogens (tertiary/aromatic N) is 1. The van der Waals surface area contributed by atoms with Crippen LogP contribution in [-0.4, -0.2) is 40.6 Å². The number of rotatable bonds is 3. The number of carbonyl (C=O) groups is 3. The number of aromatic hydroxyl groups is 1. The molecule has 0 aromatic heterocycles. The predicted molar refractivity (Wildman–Crippen MR) is 98.2 cm³/mol. The first-order valence-electron chi connectivity index (χ1n) is 10.7. The first-order chi connectivity index (χ1) is 13.5. The first kappa shape index (κ1) is 15.7. The van der Waals surface area contributed by atoms with Crippen LogP contribution in [0.15, 0.2) is 24.3 Å². The van der Waals surface area contributed by atoms with Crippen molar-refractivity contribution in [3.63, 3.8) is 0 Å². The number of likely N-dealkylation sites (tertiary alicyclic amines) is 1. The lowest BCUT2D eigenvalue weighted by molar-refractivity contribution is -0.256. The Labute approximate surface area is 163 Å². The molecule has 7 fully saturated rings. The molecule has 28 heavy (non-hydrogen) atoms. The summed E-state index contributed by atoms with van der Waals surface area (Å²) < 4.78 is 0. The van der Waals surface area contributed by atoms with E-state index in [2.05, 4.69) is 0 Å². The molecule has 8 rings (SSSR count). The fourth-order valence-electron chi connectivity index (χ4n) is 8.87. The molecule has 1 aliphatic heterocycles. The van der Waals surface area contributed by atoms with Gasteiger partial charge in [-0.2, -0.15) is 0 Å². The Morgan fingerprint density at radius 1 is 1.04 bits per heavy atom. The number of hydrogen-bond donors (Lipinski definition) is 1. The first-order valence-corrected chi connectivity index (χ1v) is 10.7. The Kier molecular flexibility index (Phi) is 2.63. The van der Waals surface area contributed by atoms with Gasteiger partial charge in [0.2, 0.25) is 5.91 Å². The van der Waals surface area contributed by atoms with Crippen LogP contribution in [0, 0.1) is 52.8 Å². The molecule has 1 heterocycles. The number of benzene rings is 1. The maximum absolute atomic E-state index is 13.5. The molecule has 4 bridgehead atoms. The number of phenols is 1. The molecule has 0 radical (unpaired) electrons. The Morgan fingerprint density at radius 2 is 1.75 bits per heavy atom. The van der Waals surface area contributed by atoms with Gasteiger partial charge in [0.15, 0.2) is 5.78 Å². The van der Waals surface area contributed by atoms with Crippen molar-refractivity contribution in [2.45, 2.75) is 19.3 Å². The fourth-order valence-corrected chi connectivity index (χ4v) is 8.87. The van der Waals surface area contributed by atoms with E-state index in [-0.39, 0.29) is 40.6 Å². The van der Waals surface area contributed by atoms with E-state index < -0.39 is 0 Å². The van der Waals surface area contributed by atoms with Crippen LogP contribution in [0.25, 0.3) is 0 Å². The molecule has 5 nitrogen and oxygen atoms in total. The van der Waals surface area contributed by atoms with Gasteiger partial charge in [0.25, 0.3) is 0 Å². The molecule has 6 aliphatic carbocycles. The van der Waals surface area contributed by atoms with Gasteiger partial charge in [0.05, 0.1) is 5.41 Å². The Morgan fingerprint density at radius 3 is 2.43 bits per heavy atom. The Balaban J connectivity index is 1.08. The molecular formula is C23H23NO4. The molecule has 5 heteroatoms. The third kappa shape index (κ3) is 1.41. The van der Waals surface area contributed by atoms with Crippen molar-refractivity contribution in [1.29, 1.82) is 0 Å². The van der Waals surface area contributed by atoms with E-state index in [0.717, 1.165) is 0 Å². The van der Waals surface area contributed by atoms with E-state index in [1.807, 2.05) is 4.90 Å². The monoisotopic (exact) mass is 377 g/mol. The van der Waals surface area contributed by atoms with Crippen LogP contribution >= 0.6 is 0 Å². The summed E-state index contributed by atoms with van der Waals surface area (Å²) in [5.74, 6) is 3.76. The minimum atomic E-state index is -0.322. The Hall–Kier alpha value is -2.17. The van der Waals surface area contributed by atoms with Gasteiger partial charge in [-0.25, -0.2) is 0 Å². The van der Waals surface area contributed by atoms with E-state index in [1.165, 1.54) is 6.42 Å². The van der Waals surface area contributed by atoms with E-state index in [4.69, 9.17) is 0 Å². The van der Waals surface area contributed by atoms with Gasteiger partial charge in [-0.1, -0.05) is 0 Å². The molecule has 144 valence electrons. The van der Waals surface area contributed by atoms with Crippen LogP contribution in [0.4, 0.5) is 0 Å². The summed E-state index contributed by atoms with van der Waals surface area (Å²) in [6.45, 7) is 1.25. The summed E-state index contributed by atoms with van der Waals surface area (Å²) in [6.07, 6.45) is 2.58. The second kappa shape index (κ2) is 4.69. The zero-order chi connectivity index (χ0) is 18.9. The smallest absolute Gasteiger partial charge is 0.230 e. The van der Waals surface area contributed by atoms with Crippen LogP contribution in [0.1, 0.15) is 29.6 Å². The van der Waals surface area contributed by atoms with E-state index in [0.29, 0.717) is 66.9 Å². The maximum Gasteiger partial charge on any atom is 0.230 e. The van der Waals surface area contributed by atoms with Crippen LogP contribution in [-0.2, 0) is 9.59 Å². The van der Waals surface area contributed by atoms with Crippen molar-refractivity contribution in [1.82, 2.24) is 4.90 Å². The van der Waals surface area contributed by atoms with Crippen molar-refractivity contribution >= 4 is 17.5 Å². The van der Waals surface area contributed by atoms with Crippen LogP contribution in [0.5, 0.6) is 5.75 Å². The molecule has 8 unspecified atom stereocenters. The molecule has 1 N–H and O–H groups in total. The molecule has 1 saturated heterocycles. The quantitative estimate of drug-likeness (QED) is 0.819. The van der Waals surface area contributed by atoms with Crippen LogP contribution < -0.4 is 0 Å². The molecule has 7 aliphatic rings. The third-order valence-corrected chi connectivity index (χ3v) is 9.54. The summed E-state index contributed by atoms with van der Waals surface area (Å²) in [5.41, 5.74) is 0.306. The van der Waals surface area contributed by atoms with Crippen molar-refractivity contribution in [2.75, 3.05) is 13.1 Å². The number of ketones is 2. The van der Waals surface area contributed by atoms with Crippen molar-refractivity contribution in [3.05, 3.63) is 29.8 Å². The van der Waals surface area contributed by atoms with E-state index in [9.17, 15) is 19.5 Å². The largest absolute Gasteiger partial charge is 0.508 e. The van der Waals surface area contributed by atoms with Gasteiger partial charge in [-0.15, -0.1) is 0 Å². The Bertz CT molecular complexity index is 946. The maximum atomic E-state index is 13.5. The summed E-state index contributed by atoms with van der Waals surface area (Å²) in [6, 6.07) is 6.43. The lowest BCUT2D eigenvalue weighted by Crippen LogP contribution is -2.75. The number of phenolic OH excluding ortho intramolecular Hbond substituents is 1. The SMILES string of the molecule is O=C(c1ccc(O)cc1)C1CCN(C(=O)C23C4C(=O)C5C6CC(C52)C3C64)CC1. The normalized spacial score (nSPS) is 46.6. The standard InChI is InChI=1S/C23H23NO4/c25-12-3-1-10(2-4-12)20(26)11-5-7-24(8-6-11)22(28)23-17-14-9-13-15(17)19(23)21(27)16(13)18(14)23/h1-4,11,13-19,25H,5-9H2. The van der Waals surface area contributed by atoms with Gasteiger partial charge >= 0.3 is 0 Å². The van der Waals surface area contributed by atoms with Gasteiger partial charge in [0, 0.05) is 36.4 Å². The zero-order valence-corrected chi connectivity index (χ0v) is 15.6. The highest BCUT2D eigenvalue weighted by Crippen LogP contribution is 2.93. The minimum Gasteiger partial charge on any atom is -0.508 e. The average molecular weight is 377 g/mol. The molecule has 1 aromatic rings.